The SMILES string of the molecule is Cc1c(Cl)ccc(N2CCC2=O)c1Cl. The van der Waals surface area contributed by atoms with Crippen molar-refractivity contribution in [1.29, 1.82) is 0 Å². The summed E-state index contributed by atoms with van der Waals surface area (Å²) in [6, 6.07) is 3.55. The summed E-state index contributed by atoms with van der Waals surface area (Å²) in [6.07, 6.45) is 0.609. The lowest BCUT2D eigenvalue weighted by molar-refractivity contribution is -0.122. The number of hydrogen-bond donors (Lipinski definition) is 0. The van der Waals surface area contributed by atoms with Gasteiger partial charge in [0.1, 0.15) is 0 Å². The van der Waals surface area contributed by atoms with Crippen molar-refractivity contribution < 1.29 is 4.79 Å². The zero-order chi connectivity index (χ0) is 10.3. The van der Waals surface area contributed by atoms with E-state index < -0.39 is 0 Å². The van der Waals surface area contributed by atoms with Gasteiger partial charge in [0.15, 0.2) is 0 Å². The smallest absolute Gasteiger partial charge is 0.228 e. The molecule has 0 atom stereocenters. The van der Waals surface area contributed by atoms with E-state index in [0.29, 0.717) is 16.5 Å². The summed E-state index contributed by atoms with van der Waals surface area (Å²) < 4.78 is 0. The zero-order valence-electron chi connectivity index (χ0n) is 7.68. The van der Waals surface area contributed by atoms with Gasteiger partial charge in [0.05, 0.1) is 10.7 Å². The van der Waals surface area contributed by atoms with Gasteiger partial charge >= 0.3 is 0 Å². The number of rotatable bonds is 1. The molecule has 1 fully saturated rings. The van der Waals surface area contributed by atoms with Crippen molar-refractivity contribution >= 4 is 34.8 Å². The third kappa shape index (κ3) is 1.39. The van der Waals surface area contributed by atoms with E-state index in [1.165, 1.54) is 0 Å². The van der Waals surface area contributed by atoms with E-state index in [0.717, 1.165) is 17.8 Å². The Bertz CT molecular complexity index is 403. The lowest BCUT2D eigenvalue weighted by atomic mass is 10.1. The molecule has 0 bridgehead atoms. The molecule has 74 valence electrons. The highest BCUT2D eigenvalue weighted by molar-refractivity contribution is 6.38. The minimum atomic E-state index is 0.119. The quantitative estimate of drug-likeness (QED) is 0.679. The maximum absolute atomic E-state index is 11.2. The first-order valence-corrected chi connectivity index (χ1v) is 5.12. The standard InChI is InChI=1S/C10H9Cl2NO/c1-6-7(11)2-3-8(10(6)12)13-5-4-9(13)14/h2-3H,4-5H2,1H3. The molecule has 1 aromatic carbocycles. The maximum Gasteiger partial charge on any atom is 0.228 e. The second-order valence-corrected chi connectivity index (χ2v) is 4.09. The fourth-order valence-corrected chi connectivity index (χ4v) is 1.90. The summed E-state index contributed by atoms with van der Waals surface area (Å²) in [5.41, 5.74) is 1.59. The second-order valence-electron chi connectivity index (χ2n) is 3.30. The summed E-state index contributed by atoms with van der Waals surface area (Å²) in [7, 11) is 0. The highest BCUT2D eigenvalue weighted by atomic mass is 35.5. The highest BCUT2D eigenvalue weighted by Crippen LogP contribution is 2.35. The first-order valence-electron chi connectivity index (χ1n) is 4.36. The van der Waals surface area contributed by atoms with Crippen molar-refractivity contribution in [2.45, 2.75) is 13.3 Å². The van der Waals surface area contributed by atoms with E-state index in [1.807, 2.05) is 6.92 Å². The molecule has 0 N–H and O–H groups in total. The van der Waals surface area contributed by atoms with Crippen LogP contribution in [-0.4, -0.2) is 12.5 Å². The van der Waals surface area contributed by atoms with Crippen LogP contribution in [-0.2, 0) is 4.79 Å². The number of carbonyl (C=O) groups excluding carboxylic acids is 1. The molecule has 0 spiro atoms. The van der Waals surface area contributed by atoms with Gasteiger partial charge in [-0.25, -0.2) is 0 Å². The number of β-lactam (4-membered cyclic amide) rings is 1. The van der Waals surface area contributed by atoms with Crippen LogP contribution in [0.1, 0.15) is 12.0 Å². The molecule has 1 aliphatic rings. The van der Waals surface area contributed by atoms with Crippen LogP contribution >= 0.6 is 23.2 Å². The van der Waals surface area contributed by atoms with Gasteiger partial charge in [-0.2, -0.15) is 0 Å². The van der Waals surface area contributed by atoms with Crippen LogP contribution in [0, 0.1) is 6.92 Å². The summed E-state index contributed by atoms with van der Waals surface area (Å²) in [6.45, 7) is 2.60. The molecule has 0 radical (unpaired) electrons. The molecule has 0 unspecified atom stereocenters. The number of halogens is 2. The Balaban J connectivity index is 2.44. The highest BCUT2D eigenvalue weighted by Gasteiger charge is 2.27. The summed E-state index contributed by atoms with van der Waals surface area (Å²) >= 11 is 12.0. The minimum Gasteiger partial charge on any atom is -0.310 e. The zero-order valence-corrected chi connectivity index (χ0v) is 9.19. The van der Waals surface area contributed by atoms with Crippen molar-refractivity contribution in [3.63, 3.8) is 0 Å². The molecular weight excluding hydrogens is 221 g/mol. The predicted octanol–water partition coefficient (Wildman–Crippen LogP) is 3.04. The Morgan fingerprint density at radius 3 is 2.57 bits per heavy atom. The van der Waals surface area contributed by atoms with E-state index in [9.17, 15) is 4.79 Å². The summed E-state index contributed by atoms with van der Waals surface area (Å²) in [5, 5.41) is 1.21. The van der Waals surface area contributed by atoms with Gasteiger partial charge in [-0.3, -0.25) is 4.79 Å². The average molecular weight is 230 g/mol. The van der Waals surface area contributed by atoms with Crippen LogP contribution in [0.25, 0.3) is 0 Å². The molecule has 1 aliphatic heterocycles. The normalized spacial score (nSPS) is 15.6. The van der Waals surface area contributed by atoms with E-state index in [4.69, 9.17) is 23.2 Å². The minimum absolute atomic E-state index is 0.119. The first-order chi connectivity index (χ1) is 6.61. The Morgan fingerprint density at radius 2 is 2.07 bits per heavy atom. The van der Waals surface area contributed by atoms with Crippen LogP contribution in [0.5, 0.6) is 0 Å². The molecule has 0 saturated carbocycles. The van der Waals surface area contributed by atoms with Crippen LogP contribution in [0.3, 0.4) is 0 Å². The summed E-state index contributed by atoms with van der Waals surface area (Å²) in [4.78, 5) is 12.9. The summed E-state index contributed by atoms with van der Waals surface area (Å²) in [5.74, 6) is 0.119. The van der Waals surface area contributed by atoms with Gasteiger partial charge in [0, 0.05) is 18.0 Å². The molecule has 0 aromatic heterocycles. The first kappa shape index (κ1) is 9.81. The largest absolute Gasteiger partial charge is 0.310 e. The van der Waals surface area contributed by atoms with Crippen molar-refractivity contribution in [2.75, 3.05) is 11.4 Å². The van der Waals surface area contributed by atoms with Crippen molar-refractivity contribution in [3.8, 4) is 0 Å². The van der Waals surface area contributed by atoms with Crippen molar-refractivity contribution in [1.82, 2.24) is 0 Å². The number of benzene rings is 1. The van der Waals surface area contributed by atoms with Gasteiger partial charge in [-0.1, -0.05) is 23.2 Å². The fraction of sp³-hybridized carbons (Fsp3) is 0.300. The van der Waals surface area contributed by atoms with E-state index in [1.54, 1.807) is 17.0 Å². The number of anilines is 1. The molecule has 4 heteroatoms. The molecule has 1 amide bonds. The van der Waals surface area contributed by atoms with Gasteiger partial charge < -0.3 is 4.90 Å². The van der Waals surface area contributed by atoms with E-state index >= 15 is 0 Å². The van der Waals surface area contributed by atoms with Gasteiger partial charge in [0.25, 0.3) is 0 Å². The molecule has 14 heavy (non-hydrogen) atoms. The monoisotopic (exact) mass is 229 g/mol. The Morgan fingerprint density at radius 1 is 1.36 bits per heavy atom. The lowest BCUT2D eigenvalue weighted by Gasteiger charge is -2.31. The number of hydrogen-bond acceptors (Lipinski definition) is 1. The number of carbonyl (C=O) groups is 1. The molecule has 0 aliphatic carbocycles. The molecule has 2 nitrogen and oxygen atoms in total. The average Bonchev–Trinajstić information content (AvgIpc) is 2.16. The van der Waals surface area contributed by atoms with Crippen LogP contribution in [0.15, 0.2) is 12.1 Å². The van der Waals surface area contributed by atoms with E-state index in [-0.39, 0.29) is 5.91 Å². The van der Waals surface area contributed by atoms with Gasteiger partial charge in [-0.05, 0) is 24.6 Å². The van der Waals surface area contributed by atoms with Crippen molar-refractivity contribution in [3.05, 3.63) is 27.7 Å². The maximum atomic E-state index is 11.2. The van der Waals surface area contributed by atoms with Crippen LogP contribution < -0.4 is 4.90 Å². The third-order valence-electron chi connectivity index (χ3n) is 2.44. The van der Waals surface area contributed by atoms with Crippen molar-refractivity contribution in [2.24, 2.45) is 0 Å². The topological polar surface area (TPSA) is 20.3 Å². The van der Waals surface area contributed by atoms with Gasteiger partial charge in [0.2, 0.25) is 5.91 Å². The Hall–Kier alpha value is -0.730. The number of nitrogens with zero attached hydrogens (tertiary/aromatic N) is 1. The Kier molecular flexibility index (Phi) is 2.41. The lowest BCUT2D eigenvalue weighted by Crippen LogP contribution is -2.43. The third-order valence-corrected chi connectivity index (χ3v) is 3.33. The van der Waals surface area contributed by atoms with E-state index in [2.05, 4.69) is 0 Å². The molecule has 1 saturated heterocycles. The molecule has 1 heterocycles. The second kappa shape index (κ2) is 3.44. The molecular formula is C10H9Cl2NO. The molecule has 1 aromatic rings. The number of amides is 1. The fourth-order valence-electron chi connectivity index (χ4n) is 1.43. The van der Waals surface area contributed by atoms with Gasteiger partial charge in [-0.15, -0.1) is 0 Å². The van der Waals surface area contributed by atoms with Crippen LogP contribution in [0.4, 0.5) is 5.69 Å². The Labute approximate surface area is 92.4 Å². The predicted molar refractivity (Wildman–Crippen MR) is 58.2 cm³/mol. The molecule has 2 rings (SSSR count). The van der Waals surface area contributed by atoms with Crippen LogP contribution in [0.2, 0.25) is 10.0 Å².